The van der Waals surface area contributed by atoms with Gasteiger partial charge in [0.1, 0.15) is 5.82 Å². The number of aromatic nitrogens is 2. The number of benzene rings is 2. The number of aryl methyl sites for hydroxylation is 1. The zero-order valence-corrected chi connectivity index (χ0v) is 19.9. The van der Waals surface area contributed by atoms with Gasteiger partial charge in [-0.3, -0.25) is 14.2 Å². The normalized spacial score (nSPS) is 16.9. The molecule has 2 heterocycles. The molecule has 6 heteroatoms. The minimum Gasteiger partial charge on any atom is -0.339 e. The van der Waals surface area contributed by atoms with Crippen LogP contribution in [0.15, 0.2) is 54.6 Å². The van der Waals surface area contributed by atoms with Crippen molar-refractivity contribution in [2.45, 2.75) is 51.4 Å². The first-order valence-corrected chi connectivity index (χ1v) is 12.8. The lowest BCUT2D eigenvalue weighted by atomic mass is 10.0. The summed E-state index contributed by atoms with van der Waals surface area (Å²) in [7, 11) is 0. The summed E-state index contributed by atoms with van der Waals surface area (Å²) in [4.78, 5) is 34.3. The molecule has 3 aromatic rings. The summed E-state index contributed by atoms with van der Waals surface area (Å²) in [6.45, 7) is 2.56. The molecule has 2 amide bonds. The second-order valence-corrected chi connectivity index (χ2v) is 9.64. The van der Waals surface area contributed by atoms with E-state index in [2.05, 4.69) is 22.8 Å². The molecule has 2 aliphatic rings. The van der Waals surface area contributed by atoms with Crippen molar-refractivity contribution in [1.82, 2.24) is 19.4 Å². The lowest BCUT2D eigenvalue weighted by Gasteiger charge is -2.35. The van der Waals surface area contributed by atoms with Gasteiger partial charge in [-0.25, -0.2) is 4.98 Å². The second-order valence-electron chi connectivity index (χ2n) is 9.64. The summed E-state index contributed by atoms with van der Waals surface area (Å²) in [6.07, 6.45) is 7.91. The molecule has 2 aromatic carbocycles. The molecule has 178 valence electrons. The first kappa shape index (κ1) is 22.6. The Morgan fingerprint density at radius 1 is 0.794 bits per heavy atom. The number of imidazole rings is 1. The standard InChI is InChI=1S/C28H34N4O2/c33-27(16-14-22-8-4-5-9-22)30-18-20-31(21-19-30)28(34)17-15-26-29-24-12-6-7-13-25(24)32(26)23-10-2-1-3-11-23/h1-3,6-7,10-13,22H,4-5,8-9,14-21H2. The molecular weight excluding hydrogens is 424 g/mol. The fourth-order valence-electron chi connectivity index (χ4n) is 5.48. The summed E-state index contributed by atoms with van der Waals surface area (Å²) >= 11 is 0. The number of fused-ring (bicyclic) bond motifs is 1. The van der Waals surface area contributed by atoms with Crippen LogP contribution >= 0.6 is 0 Å². The summed E-state index contributed by atoms with van der Waals surface area (Å²) in [5.74, 6) is 2.05. The molecule has 6 nitrogen and oxygen atoms in total. The molecule has 1 saturated heterocycles. The Kier molecular flexibility index (Phi) is 6.93. The Morgan fingerprint density at radius 3 is 2.12 bits per heavy atom. The quantitative estimate of drug-likeness (QED) is 0.520. The maximum atomic E-state index is 13.0. The third-order valence-corrected chi connectivity index (χ3v) is 7.43. The average Bonchev–Trinajstić information content (AvgIpc) is 3.54. The Labute approximate surface area is 201 Å². The second kappa shape index (κ2) is 10.4. The van der Waals surface area contributed by atoms with Crippen LogP contribution in [0.25, 0.3) is 16.7 Å². The van der Waals surface area contributed by atoms with Crippen molar-refractivity contribution in [3.8, 4) is 5.69 Å². The molecule has 0 radical (unpaired) electrons. The monoisotopic (exact) mass is 458 g/mol. The molecule has 34 heavy (non-hydrogen) atoms. The van der Waals surface area contributed by atoms with E-state index < -0.39 is 0 Å². The Bertz CT molecular complexity index is 1130. The number of piperazine rings is 1. The molecule has 0 atom stereocenters. The highest BCUT2D eigenvalue weighted by Gasteiger charge is 2.25. The largest absolute Gasteiger partial charge is 0.339 e. The zero-order valence-electron chi connectivity index (χ0n) is 19.9. The Morgan fingerprint density at radius 2 is 1.41 bits per heavy atom. The highest BCUT2D eigenvalue weighted by Crippen LogP contribution is 2.29. The van der Waals surface area contributed by atoms with Gasteiger partial charge in [0.15, 0.2) is 0 Å². The smallest absolute Gasteiger partial charge is 0.223 e. The highest BCUT2D eigenvalue weighted by atomic mass is 16.2. The molecule has 1 aliphatic carbocycles. The van der Waals surface area contributed by atoms with Gasteiger partial charge in [-0.15, -0.1) is 0 Å². The molecular formula is C28H34N4O2. The minimum absolute atomic E-state index is 0.143. The van der Waals surface area contributed by atoms with Crippen LogP contribution in [0, 0.1) is 5.92 Å². The first-order chi connectivity index (χ1) is 16.7. The summed E-state index contributed by atoms with van der Waals surface area (Å²) in [6, 6.07) is 18.3. The minimum atomic E-state index is 0.143. The van der Waals surface area contributed by atoms with Crippen molar-refractivity contribution in [1.29, 1.82) is 0 Å². The number of nitrogens with zero attached hydrogens (tertiary/aromatic N) is 4. The predicted octanol–water partition coefficient (Wildman–Crippen LogP) is 4.60. The number of rotatable bonds is 7. The molecule has 0 spiro atoms. The van der Waals surface area contributed by atoms with E-state index in [4.69, 9.17) is 4.98 Å². The number of hydrogen-bond acceptors (Lipinski definition) is 3. The lowest BCUT2D eigenvalue weighted by Crippen LogP contribution is -2.50. The molecule has 2 fully saturated rings. The molecule has 1 aliphatic heterocycles. The number of carbonyl (C=O) groups excluding carboxylic acids is 2. The van der Waals surface area contributed by atoms with Crippen LogP contribution in [-0.4, -0.2) is 57.3 Å². The van der Waals surface area contributed by atoms with E-state index in [0.29, 0.717) is 45.4 Å². The van der Waals surface area contributed by atoms with E-state index >= 15 is 0 Å². The first-order valence-electron chi connectivity index (χ1n) is 12.8. The van der Waals surface area contributed by atoms with E-state index in [1.807, 2.05) is 46.2 Å². The molecule has 0 unspecified atom stereocenters. The van der Waals surface area contributed by atoms with E-state index in [0.717, 1.165) is 34.9 Å². The molecule has 0 N–H and O–H groups in total. The van der Waals surface area contributed by atoms with Crippen LogP contribution in [0.4, 0.5) is 0 Å². The van der Waals surface area contributed by atoms with E-state index in [-0.39, 0.29) is 11.8 Å². The van der Waals surface area contributed by atoms with Gasteiger partial charge in [-0.2, -0.15) is 0 Å². The van der Waals surface area contributed by atoms with Gasteiger partial charge in [-0.05, 0) is 36.6 Å². The number of carbonyl (C=O) groups is 2. The van der Waals surface area contributed by atoms with Gasteiger partial charge in [0.2, 0.25) is 11.8 Å². The van der Waals surface area contributed by atoms with Gasteiger partial charge in [0, 0.05) is 51.1 Å². The summed E-state index contributed by atoms with van der Waals surface area (Å²) in [5, 5.41) is 0. The van der Waals surface area contributed by atoms with Crippen molar-refractivity contribution in [3.63, 3.8) is 0 Å². The highest BCUT2D eigenvalue weighted by molar-refractivity contribution is 5.80. The summed E-state index contributed by atoms with van der Waals surface area (Å²) < 4.78 is 2.16. The van der Waals surface area contributed by atoms with Crippen molar-refractivity contribution >= 4 is 22.8 Å². The summed E-state index contributed by atoms with van der Waals surface area (Å²) in [5.41, 5.74) is 3.06. The van der Waals surface area contributed by atoms with Gasteiger partial charge < -0.3 is 9.80 Å². The fourth-order valence-corrected chi connectivity index (χ4v) is 5.48. The molecule has 0 bridgehead atoms. The van der Waals surface area contributed by atoms with Crippen LogP contribution < -0.4 is 0 Å². The van der Waals surface area contributed by atoms with Gasteiger partial charge in [0.05, 0.1) is 11.0 Å². The number of hydrogen-bond donors (Lipinski definition) is 0. The topological polar surface area (TPSA) is 58.4 Å². The Hall–Kier alpha value is -3.15. The van der Waals surface area contributed by atoms with E-state index in [9.17, 15) is 9.59 Å². The van der Waals surface area contributed by atoms with Gasteiger partial charge >= 0.3 is 0 Å². The van der Waals surface area contributed by atoms with Crippen LogP contribution in [0.3, 0.4) is 0 Å². The van der Waals surface area contributed by atoms with Crippen molar-refractivity contribution < 1.29 is 9.59 Å². The van der Waals surface area contributed by atoms with Crippen LogP contribution in [0.1, 0.15) is 50.8 Å². The fraction of sp³-hybridized carbons (Fsp3) is 0.464. The van der Waals surface area contributed by atoms with Crippen molar-refractivity contribution in [3.05, 3.63) is 60.4 Å². The van der Waals surface area contributed by atoms with Crippen molar-refractivity contribution in [2.24, 2.45) is 5.92 Å². The molecule has 1 aromatic heterocycles. The third-order valence-electron chi connectivity index (χ3n) is 7.43. The van der Waals surface area contributed by atoms with Gasteiger partial charge in [0.25, 0.3) is 0 Å². The van der Waals surface area contributed by atoms with Crippen LogP contribution in [-0.2, 0) is 16.0 Å². The van der Waals surface area contributed by atoms with Crippen molar-refractivity contribution in [2.75, 3.05) is 26.2 Å². The van der Waals surface area contributed by atoms with E-state index in [1.54, 1.807) is 0 Å². The molecule has 1 saturated carbocycles. The maximum Gasteiger partial charge on any atom is 0.223 e. The van der Waals surface area contributed by atoms with Gasteiger partial charge in [-0.1, -0.05) is 56.0 Å². The maximum absolute atomic E-state index is 13.0. The zero-order chi connectivity index (χ0) is 23.3. The lowest BCUT2D eigenvalue weighted by molar-refractivity contribution is -0.139. The SMILES string of the molecule is O=C(CCc1nc2ccccc2n1-c1ccccc1)N1CCN(C(=O)CCC2CCCC2)CC1. The van der Waals surface area contributed by atoms with Crippen LogP contribution in [0.5, 0.6) is 0 Å². The average molecular weight is 459 g/mol. The third kappa shape index (κ3) is 5.01. The number of amides is 2. The van der Waals surface area contributed by atoms with Crippen LogP contribution in [0.2, 0.25) is 0 Å². The van der Waals surface area contributed by atoms with E-state index in [1.165, 1.54) is 25.7 Å². The Balaban J connectivity index is 1.17. The molecule has 5 rings (SSSR count). The predicted molar refractivity (Wildman–Crippen MR) is 134 cm³/mol. The number of para-hydroxylation sites is 3.